The second kappa shape index (κ2) is 13.8. The van der Waals surface area contributed by atoms with E-state index >= 15 is 0 Å². The minimum atomic E-state index is -2.41. The first-order chi connectivity index (χ1) is 14.9. The van der Waals surface area contributed by atoms with Crippen molar-refractivity contribution in [2.24, 2.45) is 0 Å². The summed E-state index contributed by atoms with van der Waals surface area (Å²) in [7, 11) is -2.41. The first kappa shape index (κ1) is 30.1. The first-order valence-corrected chi connectivity index (χ1v) is 12.4. The Labute approximate surface area is 236 Å². The fraction of sp³-hybridized carbons (Fsp3) is 0. The summed E-state index contributed by atoms with van der Waals surface area (Å²) in [5, 5.41) is 5.65. The van der Waals surface area contributed by atoms with Gasteiger partial charge >= 0.3 is 21.7 Å². The number of benzene rings is 4. The van der Waals surface area contributed by atoms with Gasteiger partial charge in [-0.25, -0.2) is 6.07 Å². The number of hydrogen-bond acceptors (Lipinski definition) is 0. The quantitative estimate of drug-likeness (QED) is 0.117. The Balaban J connectivity index is 0.00000144. The summed E-state index contributed by atoms with van der Waals surface area (Å²) < 4.78 is 0. The van der Waals surface area contributed by atoms with Crippen LogP contribution in [0.3, 0.4) is 0 Å². The Morgan fingerprint density at radius 1 is 0.412 bits per heavy atom. The van der Waals surface area contributed by atoms with Crippen LogP contribution >= 0.6 is 0 Å². The van der Waals surface area contributed by atoms with Gasteiger partial charge in [-0.3, -0.25) is 0 Å². The van der Waals surface area contributed by atoms with Gasteiger partial charge in [0.05, 0.1) is 0 Å². The van der Waals surface area contributed by atoms with Crippen molar-refractivity contribution in [1.29, 1.82) is 0 Å². The number of hydrogen-bond donors (Lipinski definition) is 0. The molecule has 0 spiro atoms. The second-order valence-corrected chi connectivity index (χ2v) is 11.4. The summed E-state index contributed by atoms with van der Waals surface area (Å²) >= 11 is 0. The molecule has 0 N–H and O–H groups in total. The van der Waals surface area contributed by atoms with E-state index in [1.807, 2.05) is 0 Å². The molecule has 34 heavy (non-hydrogen) atoms. The zero-order chi connectivity index (χ0) is 20.2. The van der Waals surface area contributed by atoms with Crippen LogP contribution in [0.25, 0.3) is 11.1 Å². The van der Waals surface area contributed by atoms with Crippen LogP contribution in [0.2, 0.25) is 0 Å². The van der Waals surface area contributed by atoms with Crippen LogP contribution in [0.4, 0.5) is 0 Å². The van der Waals surface area contributed by atoms with Crippen molar-refractivity contribution in [1.82, 2.24) is 0 Å². The molecule has 168 valence electrons. The molecule has 0 nitrogen and oxygen atoms in total. The molecule has 0 aliphatic rings. The Hall–Kier alpha value is -1.97. The molecule has 0 aromatic heterocycles. The van der Waals surface area contributed by atoms with Gasteiger partial charge in [0.2, 0.25) is 0 Å². The van der Waals surface area contributed by atoms with Gasteiger partial charge in [-0.1, -0.05) is 142 Å². The summed E-state index contributed by atoms with van der Waals surface area (Å²) in [4.78, 5) is 0. The van der Waals surface area contributed by atoms with E-state index in [2.05, 4.69) is 140 Å². The topological polar surface area (TPSA) is 0 Å². The zero-order valence-corrected chi connectivity index (χ0v) is 23.2. The molecular formula is C29H23Cl3SiTi. The minimum Gasteiger partial charge on any atom is -1.00 e. The molecule has 5 heteroatoms. The normalized spacial score (nSPS) is 10.0. The molecule has 5 aromatic rings. The van der Waals surface area contributed by atoms with Crippen molar-refractivity contribution in [3.63, 3.8) is 0 Å². The maximum Gasteiger partial charge on any atom is 4.00 e. The van der Waals surface area contributed by atoms with Crippen molar-refractivity contribution in [2.75, 3.05) is 0 Å². The molecule has 5 aromatic carbocycles. The molecule has 0 saturated carbocycles. The predicted octanol–water partition coefficient (Wildman–Crippen LogP) is -4.54. The summed E-state index contributed by atoms with van der Waals surface area (Å²) in [6.45, 7) is 0. The van der Waals surface area contributed by atoms with Gasteiger partial charge in [-0.2, -0.15) is 17.7 Å². The van der Waals surface area contributed by atoms with Crippen molar-refractivity contribution in [3.8, 4) is 11.1 Å². The Morgan fingerprint density at radius 2 is 0.765 bits per heavy atom. The van der Waals surface area contributed by atoms with E-state index in [0.29, 0.717) is 0 Å². The third kappa shape index (κ3) is 5.63. The molecule has 0 atom stereocenters. The molecule has 0 heterocycles. The second-order valence-electron chi connectivity index (χ2n) is 7.60. The van der Waals surface area contributed by atoms with Gasteiger partial charge in [-0.15, -0.1) is 5.19 Å². The van der Waals surface area contributed by atoms with Crippen LogP contribution < -0.4 is 58.0 Å². The summed E-state index contributed by atoms with van der Waals surface area (Å²) in [6, 6.07) is 50.9. The Morgan fingerprint density at radius 3 is 1.15 bits per heavy atom. The van der Waals surface area contributed by atoms with Crippen LogP contribution in [-0.2, 0) is 21.7 Å². The van der Waals surface area contributed by atoms with Gasteiger partial charge in [0, 0.05) is 0 Å². The fourth-order valence-electron chi connectivity index (χ4n) is 4.55. The molecule has 0 aliphatic carbocycles. The average molecular weight is 554 g/mol. The standard InChI is InChI=1S/C29H23Si.3ClH.Ti/c1-5-13-24(14-6-1)25-21-22-29(23-25)30(26-15-7-2-8-16-26,27-17-9-3-10-18-27)28-19-11-4-12-20-28;;;;/h1-23H;3*1H;/q-1;;;;+4/p-3. The molecule has 5 rings (SSSR count). The van der Waals surface area contributed by atoms with Crippen LogP contribution in [0.5, 0.6) is 0 Å². The summed E-state index contributed by atoms with van der Waals surface area (Å²) in [6.07, 6.45) is 0. The van der Waals surface area contributed by atoms with Crippen molar-refractivity contribution in [3.05, 3.63) is 140 Å². The van der Waals surface area contributed by atoms with E-state index in [-0.39, 0.29) is 58.9 Å². The van der Waals surface area contributed by atoms with Crippen molar-refractivity contribution >= 4 is 28.8 Å². The SMILES string of the molecule is [Cl-].[Cl-].[Cl-].[Ti+4].c1ccc(-c2cc[c-]([Si](c3ccccc3)(c3ccccc3)c3ccccc3)c2)cc1. The Bertz CT molecular complexity index is 1130. The molecule has 0 amide bonds. The third-order valence-electron chi connectivity index (χ3n) is 5.91. The molecule has 0 aliphatic heterocycles. The van der Waals surface area contributed by atoms with Crippen molar-refractivity contribution in [2.45, 2.75) is 0 Å². The number of rotatable bonds is 5. The monoisotopic (exact) mass is 552 g/mol. The molecule has 0 unspecified atom stereocenters. The van der Waals surface area contributed by atoms with E-state index < -0.39 is 8.07 Å². The first-order valence-electron chi connectivity index (χ1n) is 10.4. The van der Waals surface area contributed by atoms with E-state index in [1.165, 1.54) is 31.9 Å². The maximum absolute atomic E-state index is 2.41. The van der Waals surface area contributed by atoms with E-state index in [1.54, 1.807) is 0 Å². The Kier molecular flexibility index (Phi) is 12.2. The molecule has 0 saturated heterocycles. The van der Waals surface area contributed by atoms with Gasteiger partial charge in [-0.05, 0) is 0 Å². The largest absolute Gasteiger partial charge is 4.00 e. The van der Waals surface area contributed by atoms with E-state index in [0.717, 1.165) is 0 Å². The van der Waals surface area contributed by atoms with Crippen LogP contribution in [0.1, 0.15) is 0 Å². The van der Waals surface area contributed by atoms with Crippen LogP contribution in [0, 0.1) is 0 Å². The molecule has 0 fully saturated rings. The van der Waals surface area contributed by atoms with Crippen LogP contribution in [0.15, 0.2) is 140 Å². The predicted molar refractivity (Wildman–Crippen MR) is 131 cm³/mol. The van der Waals surface area contributed by atoms with E-state index in [9.17, 15) is 0 Å². The van der Waals surface area contributed by atoms with Gasteiger partial charge < -0.3 is 37.2 Å². The average Bonchev–Trinajstić information content (AvgIpc) is 3.33. The fourth-order valence-corrected chi connectivity index (χ4v) is 9.33. The smallest absolute Gasteiger partial charge is 1.00 e. The van der Waals surface area contributed by atoms with Crippen LogP contribution in [-0.4, -0.2) is 8.07 Å². The zero-order valence-electron chi connectivity index (χ0n) is 18.4. The number of halogens is 3. The van der Waals surface area contributed by atoms with E-state index in [4.69, 9.17) is 0 Å². The third-order valence-corrected chi connectivity index (χ3v) is 10.7. The van der Waals surface area contributed by atoms with Gasteiger partial charge in [0.1, 0.15) is 8.07 Å². The van der Waals surface area contributed by atoms with Crippen molar-refractivity contribution < 1.29 is 58.9 Å². The molecular weight excluding hydrogens is 531 g/mol. The van der Waals surface area contributed by atoms with Gasteiger partial charge in [0.25, 0.3) is 0 Å². The molecule has 0 radical (unpaired) electrons. The summed E-state index contributed by atoms with van der Waals surface area (Å²) in [5.74, 6) is 0. The van der Waals surface area contributed by atoms with Gasteiger partial charge in [0.15, 0.2) is 0 Å². The minimum absolute atomic E-state index is 0. The molecule has 0 bridgehead atoms. The summed E-state index contributed by atoms with van der Waals surface area (Å²) in [5.41, 5.74) is 2.55. The maximum atomic E-state index is 2.41.